The maximum atomic E-state index is 10.9. The van der Waals surface area contributed by atoms with Crippen molar-refractivity contribution in [2.24, 2.45) is 5.92 Å². The Morgan fingerprint density at radius 1 is 1.14 bits per heavy atom. The summed E-state index contributed by atoms with van der Waals surface area (Å²) in [6, 6.07) is 12.8. The number of nitrogens with two attached hydrogens (primary N) is 1. The van der Waals surface area contributed by atoms with Gasteiger partial charge in [-0.05, 0) is 35.6 Å². The van der Waals surface area contributed by atoms with Crippen molar-refractivity contribution in [1.29, 1.82) is 0 Å². The second-order valence-corrected chi connectivity index (χ2v) is 6.08. The summed E-state index contributed by atoms with van der Waals surface area (Å²) in [7, 11) is 0. The SMILES string of the molecule is Nc1ccc(CC2CCCC2)cc1-c1cccc([N+](=O)[O-])c1. The molecule has 22 heavy (non-hydrogen) atoms. The van der Waals surface area contributed by atoms with Gasteiger partial charge < -0.3 is 5.73 Å². The number of hydrogen-bond acceptors (Lipinski definition) is 3. The van der Waals surface area contributed by atoms with Crippen molar-refractivity contribution in [2.75, 3.05) is 5.73 Å². The molecule has 0 heterocycles. The molecular weight excluding hydrogens is 276 g/mol. The summed E-state index contributed by atoms with van der Waals surface area (Å²) in [5.41, 5.74) is 9.80. The first-order valence-corrected chi connectivity index (χ1v) is 7.77. The smallest absolute Gasteiger partial charge is 0.270 e. The minimum atomic E-state index is -0.373. The van der Waals surface area contributed by atoms with E-state index in [0.717, 1.165) is 23.5 Å². The molecule has 4 heteroatoms. The molecule has 0 atom stereocenters. The van der Waals surface area contributed by atoms with E-state index in [0.29, 0.717) is 5.69 Å². The third-order valence-corrected chi connectivity index (χ3v) is 4.48. The van der Waals surface area contributed by atoms with Crippen molar-refractivity contribution >= 4 is 11.4 Å². The van der Waals surface area contributed by atoms with Gasteiger partial charge in [-0.2, -0.15) is 0 Å². The second kappa shape index (κ2) is 6.18. The van der Waals surface area contributed by atoms with Crippen LogP contribution in [0.2, 0.25) is 0 Å². The molecule has 0 aromatic heterocycles. The normalized spacial score (nSPS) is 15.1. The number of benzene rings is 2. The van der Waals surface area contributed by atoms with Crippen molar-refractivity contribution in [3.8, 4) is 11.1 Å². The molecule has 0 bridgehead atoms. The number of non-ortho nitro benzene ring substituents is 1. The van der Waals surface area contributed by atoms with E-state index in [1.54, 1.807) is 12.1 Å². The van der Waals surface area contributed by atoms with Gasteiger partial charge in [0.15, 0.2) is 0 Å². The van der Waals surface area contributed by atoms with Crippen LogP contribution in [0.3, 0.4) is 0 Å². The summed E-state index contributed by atoms with van der Waals surface area (Å²) in [5.74, 6) is 0.765. The topological polar surface area (TPSA) is 69.2 Å². The minimum absolute atomic E-state index is 0.0955. The Bertz CT molecular complexity index is 691. The van der Waals surface area contributed by atoms with E-state index in [1.165, 1.54) is 37.3 Å². The highest BCUT2D eigenvalue weighted by Crippen LogP contribution is 2.32. The largest absolute Gasteiger partial charge is 0.398 e. The first kappa shape index (κ1) is 14.6. The molecular formula is C18H20N2O2. The number of rotatable bonds is 4. The van der Waals surface area contributed by atoms with Crippen LogP contribution in [0.4, 0.5) is 11.4 Å². The highest BCUT2D eigenvalue weighted by atomic mass is 16.6. The summed E-state index contributed by atoms with van der Waals surface area (Å²) in [6.45, 7) is 0. The van der Waals surface area contributed by atoms with Crippen molar-refractivity contribution in [3.63, 3.8) is 0 Å². The maximum Gasteiger partial charge on any atom is 0.270 e. The number of hydrogen-bond donors (Lipinski definition) is 1. The quantitative estimate of drug-likeness (QED) is 0.510. The lowest BCUT2D eigenvalue weighted by Gasteiger charge is -2.12. The van der Waals surface area contributed by atoms with Gasteiger partial charge in [-0.3, -0.25) is 10.1 Å². The first-order chi connectivity index (χ1) is 10.6. The lowest BCUT2D eigenvalue weighted by Crippen LogP contribution is -2.00. The molecule has 114 valence electrons. The molecule has 1 fully saturated rings. The van der Waals surface area contributed by atoms with Gasteiger partial charge in [-0.15, -0.1) is 0 Å². The number of nitro groups is 1. The third-order valence-electron chi connectivity index (χ3n) is 4.48. The average Bonchev–Trinajstić information content (AvgIpc) is 3.02. The van der Waals surface area contributed by atoms with E-state index in [4.69, 9.17) is 5.73 Å². The van der Waals surface area contributed by atoms with Gasteiger partial charge in [0.25, 0.3) is 5.69 Å². The number of nitrogens with zero attached hydrogens (tertiary/aromatic N) is 1. The van der Waals surface area contributed by atoms with Crippen LogP contribution in [0.25, 0.3) is 11.1 Å². The predicted octanol–water partition coefficient (Wildman–Crippen LogP) is 4.58. The molecule has 2 aromatic rings. The molecule has 1 aliphatic rings. The number of nitro benzene ring substituents is 1. The van der Waals surface area contributed by atoms with Gasteiger partial charge in [0.05, 0.1) is 4.92 Å². The van der Waals surface area contributed by atoms with Crippen LogP contribution in [-0.2, 0) is 6.42 Å². The van der Waals surface area contributed by atoms with Gasteiger partial charge in [0, 0.05) is 23.4 Å². The molecule has 0 amide bonds. The zero-order valence-electron chi connectivity index (χ0n) is 12.5. The number of anilines is 1. The molecule has 1 saturated carbocycles. The highest BCUT2D eigenvalue weighted by molar-refractivity contribution is 5.78. The fourth-order valence-corrected chi connectivity index (χ4v) is 3.32. The molecule has 2 aromatic carbocycles. The first-order valence-electron chi connectivity index (χ1n) is 7.77. The molecule has 2 N–H and O–H groups in total. The van der Waals surface area contributed by atoms with Crippen LogP contribution >= 0.6 is 0 Å². The molecule has 0 saturated heterocycles. The maximum absolute atomic E-state index is 10.9. The fourth-order valence-electron chi connectivity index (χ4n) is 3.32. The van der Waals surface area contributed by atoms with E-state index in [2.05, 4.69) is 12.1 Å². The van der Waals surface area contributed by atoms with Gasteiger partial charge in [0.1, 0.15) is 0 Å². The summed E-state index contributed by atoms with van der Waals surface area (Å²) >= 11 is 0. The molecule has 0 unspecified atom stereocenters. The van der Waals surface area contributed by atoms with Gasteiger partial charge in [-0.1, -0.05) is 43.9 Å². The van der Waals surface area contributed by atoms with E-state index < -0.39 is 0 Å². The molecule has 0 aliphatic heterocycles. The second-order valence-electron chi connectivity index (χ2n) is 6.08. The summed E-state index contributed by atoms with van der Waals surface area (Å²) in [6.07, 6.45) is 6.34. The Morgan fingerprint density at radius 2 is 1.91 bits per heavy atom. The van der Waals surface area contributed by atoms with Crippen LogP contribution in [0.5, 0.6) is 0 Å². The van der Waals surface area contributed by atoms with E-state index in [-0.39, 0.29) is 10.6 Å². The Hall–Kier alpha value is -2.36. The highest BCUT2D eigenvalue weighted by Gasteiger charge is 2.16. The zero-order valence-corrected chi connectivity index (χ0v) is 12.5. The van der Waals surface area contributed by atoms with E-state index >= 15 is 0 Å². The monoisotopic (exact) mass is 296 g/mol. The van der Waals surface area contributed by atoms with Crippen molar-refractivity contribution in [2.45, 2.75) is 32.1 Å². The Labute approximate surface area is 130 Å². The molecule has 4 nitrogen and oxygen atoms in total. The zero-order chi connectivity index (χ0) is 15.5. The summed E-state index contributed by atoms with van der Waals surface area (Å²) in [4.78, 5) is 10.6. The third kappa shape index (κ3) is 3.11. The Morgan fingerprint density at radius 3 is 2.64 bits per heavy atom. The van der Waals surface area contributed by atoms with Crippen molar-refractivity contribution in [3.05, 3.63) is 58.1 Å². The van der Waals surface area contributed by atoms with Crippen LogP contribution < -0.4 is 5.73 Å². The molecule has 0 spiro atoms. The Kier molecular flexibility index (Phi) is 4.09. The molecule has 0 radical (unpaired) electrons. The number of nitrogen functional groups attached to an aromatic ring is 1. The summed E-state index contributed by atoms with van der Waals surface area (Å²) < 4.78 is 0. The lowest BCUT2D eigenvalue weighted by molar-refractivity contribution is -0.384. The Balaban J connectivity index is 1.92. The minimum Gasteiger partial charge on any atom is -0.398 e. The van der Waals surface area contributed by atoms with Crippen molar-refractivity contribution < 1.29 is 4.92 Å². The molecule has 1 aliphatic carbocycles. The van der Waals surface area contributed by atoms with Crippen LogP contribution in [0.15, 0.2) is 42.5 Å². The van der Waals surface area contributed by atoms with E-state index in [9.17, 15) is 10.1 Å². The van der Waals surface area contributed by atoms with Crippen LogP contribution in [0, 0.1) is 16.0 Å². The van der Waals surface area contributed by atoms with Crippen LogP contribution in [-0.4, -0.2) is 4.92 Å². The average molecular weight is 296 g/mol. The molecule has 3 rings (SSSR count). The van der Waals surface area contributed by atoms with Crippen molar-refractivity contribution in [1.82, 2.24) is 0 Å². The summed E-state index contributed by atoms with van der Waals surface area (Å²) in [5, 5.41) is 10.9. The van der Waals surface area contributed by atoms with E-state index in [1.807, 2.05) is 12.1 Å². The fraction of sp³-hybridized carbons (Fsp3) is 0.333. The lowest BCUT2D eigenvalue weighted by atomic mass is 9.94. The predicted molar refractivity (Wildman–Crippen MR) is 88.6 cm³/mol. The van der Waals surface area contributed by atoms with Crippen LogP contribution in [0.1, 0.15) is 31.2 Å². The standard InChI is InChI=1S/C18H20N2O2/c19-18-9-8-14(10-13-4-1-2-5-13)11-17(18)15-6-3-7-16(12-15)20(21)22/h3,6-9,11-13H,1-2,4-5,10,19H2. The van der Waals surface area contributed by atoms with Gasteiger partial charge >= 0.3 is 0 Å². The van der Waals surface area contributed by atoms with Gasteiger partial charge in [-0.25, -0.2) is 0 Å². The van der Waals surface area contributed by atoms with Gasteiger partial charge in [0.2, 0.25) is 0 Å².